The molecule has 0 atom stereocenters. The molecule has 0 saturated carbocycles. The van der Waals surface area contributed by atoms with E-state index in [1.54, 1.807) is 0 Å². The molecule has 1 heterocycles. The van der Waals surface area contributed by atoms with E-state index in [2.05, 4.69) is 14.5 Å². The van der Waals surface area contributed by atoms with Crippen LogP contribution < -0.4 is 14.2 Å². The Morgan fingerprint density at radius 1 is 1.00 bits per heavy atom. The lowest BCUT2D eigenvalue weighted by atomic mass is 10.1. The van der Waals surface area contributed by atoms with E-state index in [4.69, 9.17) is 9.47 Å². The lowest BCUT2D eigenvalue weighted by Gasteiger charge is -2.10. The van der Waals surface area contributed by atoms with Crippen LogP contribution in [0.4, 0.5) is 17.6 Å². The fourth-order valence-electron chi connectivity index (χ4n) is 2.47. The summed E-state index contributed by atoms with van der Waals surface area (Å²) in [5.41, 5.74) is 0.456. The molecule has 6 nitrogen and oxygen atoms in total. The molecule has 3 rings (SSSR count). The summed E-state index contributed by atoms with van der Waals surface area (Å²) in [5.74, 6) is -1.17. The van der Waals surface area contributed by atoms with Crippen molar-refractivity contribution in [2.75, 3.05) is 7.11 Å². The van der Waals surface area contributed by atoms with Crippen LogP contribution in [0.5, 0.6) is 17.2 Å². The highest BCUT2D eigenvalue weighted by atomic mass is 19.3. The van der Waals surface area contributed by atoms with E-state index in [1.807, 2.05) is 0 Å². The average molecular weight is 411 g/mol. The Kier molecular flexibility index (Phi) is 6.01. The second-order valence-corrected chi connectivity index (χ2v) is 5.53. The number of halogens is 4. The molecule has 0 bridgehead atoms. The number of cyclic esters (lactones) is 1. The molecule has 152 valence electrons. The van der Waals surface area contributed by atoms with Crippen LogP contribution >= 0.6 is 0 Å². The maximum atomic E-state index is 12.5. The first-order chi connectivity index (χ1) is 13.9. The first-order valence-corrected chi connectivity index (χ1v) is 8.06. The minimum absolute atomic E-state index is 0.0847. The van der Waals surface area contributed by atoms with Gasteiger partial charge in [-0.15, -0.1) is 0 Å². The molecule has 0 fully saturated rings. The smallest absolute Gasteiger partial charge is 0.387 e. The first kappa shape index (κ1) is 20.2. The van der Waals surface area contributed by atoms with Gasteiger partial charge in [0.1, 0.15) is 5.75 Å². The van der Waals surface area contributed by atoms with Gasteiger partial charge in [0.15, 0.2) is 17.2 Å². The summed E-state index contributed by atoms with van der Waals surface area (Å²) in [4.78, 5) is 16.1. The Balaban J connectivity index is 1.89. The van der Waals surface area contributed by atoms with Crippen LogP contribution in [0.3, 0.4) is 0 Å². The molecule has 2 aromatic carbocycles. The van der Waals surface area contributed by atoms with Crippen molar-refractivity contribution in [1.29, 1.82) is 0 Å². The number of alkyl halides is 4. The van der Waals surface area contributed by atoms with Crippen LogP contribution in [0.2, 0.25) is 0 Å². The van der Waals surface area contributed by atoms with Crippen molar-refractivity contribution in [2.45, 2.75) is 13.2 Å². The van der Waals surface area contributed by atoms with E-state index in [-0.39, 0.29) is 34.4 Å². The van der Waals surface area contributed by atoms with Crippen LogP contribution in [-0.2, 0) is 9.53 Å². The topological polar surface area (TPSA) is 66.3 Å². The number of methoxy groups -OCH3 is 1. The number of rotatable bonds is 7. The standard InChI is InChI=1S/C19H13F4NO5/c1-26-14-6-5-10(8-15(14)28-19(22)23)7-13-17(25)29-16(24-13)11-3-2-4-12(9-11)27-18(20)21/h2-9,18-19H,1H3/b13-7+. The molecule has 29 heavy (non-hydrogen) atoms. The summed E-state index contributed by atoms with van der Waals surface area (Å²) < 4.78 is 68.5. The highest BCUT2D eigenvalue weighted by Gasteiger charge is 2.25. The summed E-state index contributed by atoms with van der Waals surface area (Å²) in [6.45, 7) is -6.07. The number of carbonyl (C=O) groups excluding carboxylic acids is 1. The van der Waals surface area contributed by atoms with Gasteiger partial charge in [0.2, 0.25) is 5.90 Å². The molecule has 1 aliphatic heterocycles. The quantitative estimate of drug-likeness (QED) is 0.387. The molecular formula is C19H13F4NO5. The van der Waals surface area contributed by atoms with Crippen LogP contribution in [-0.4, -0.2) is 32.2 Å². The molecule has 0 unspecified atom stereocenters. The molecule has 0 amide bonds. The van der Waals surface area contributed by atoms with Crippen molar-refractivity contribution in [3.63, 3.8) is 0 Å². The Morgan fingerprint density at radius 3 is 2.45 bits per heavy atom. The fraction of sp³-hybridized carbons (Fsp3) is 0.158. The van der Waals surface area contributed by atoms with E-state index in [1.165, 1.54) is 55.7 Å². The third-order valence-electron chi connectivity index (χ3n) is 3.63. The van der Waals surface area contributed by atoms with Gasteiger partial charge in [-0.25, -0.2) is 9.79 Å². The number of carbonyl (C=O) groups is 1. The Morgan fingerprint density at radius 2 is 1.76 bits per heavy atom. The lowest BCUT2D eigenvalue weighted by Crippen LogP contribution is -2.07. The lowest BCUT2D eigenvalue weighted by molar-refractivity contribution is -0.129. The number of esters is 1. The number of nitrogens with zero attached hydrogens (tertiary/aromatic N) is 1. The predicted molar refractivity (Wildman–Crippen MR) is 93.3 cm³/mol. The van der Waals surface area contributed by atoms with E-state index >= 15 is 0 Å². The summed E-state index contributed by atoms with van der Waals surface area (Å²) in [6, 6.07) is 9.62. The zero-order valence-corrected chi connectivity index (χ0v) is 14.8. The van der Waals surface area contributed by atoms with Gasteiger partial charge in [-0.2, -0.15) is 17.6 Å². The maximum absolute atomic E-state index is 12.5. The van der Waals surface area contributed by atoms with Gasteiger partial charge in [0, 0.05) is 5.56 Å². The SMILES string of the molecule is COc1ccc(/C=C2/N=C(c3cccc(OC(F)F)c3)OC2=O)cc1OC(F)F. The number of hydrogen-bond acceptors (Lipinski definition) is 6. The molecule has 0 aromatic heterocycles. The third kappa shape index (κ3) is 5.03. The van der Waals surface area contributed by atoms with Gasteiger partial charge >= 0.3 is 19.2 Å². The highest BCUT2D eigenvalue weighted by molar-refractivity contribution is 6.13. The number of benzene rings is 2. The van der Waals surface area contributed by atoms with Crippen molar-refractivity contribution in [1.82, 2.24) is 0 Å². The summed E-state index contributed by atoms with van der Waals surface area (Å²) in [5, 5.41) is 0. The summed E-state index contributed by atoms with van der Waals surface area (Å²) >= 11 is 0. The summed E-state index contributed by atoms with van der Waals surface area (Å²) in [6.07, 6.45) is 1.30. The summed E-state index contributed by atoms with van der Waals surface area (Å²) in [7, 11) is 1.29. The number of ether oxygens (including phenoxy) is 4. The molecule has 10 heteroatoms. The molecule has 0 spiro atoms. The van der Waals surface area contributed by atoms with Crippen molar-refractivity contribution >= 4 is 17.9 Å². The molecule has 1 aliphatic rings. The second kappa shape index (κ2) is 8.63. The second-order valence-electron chi connectivity index (χ2n) is 5.53. The van der Waals surface area contributed by atoms with Crippen LogP contribution in [0.1, 0.15) is 11.1 Å². The van der Waals surface area contributed by atoms with Gasteiger partial charge in [-0.3, -0.25) is 0 Å². The highest BCUT2D eigenvalue weighted by Crippen LogP contribution is 2.31. The normalized spacial score (nSPS) is 14.9. The molecule has 0 radical (unpaired) electrons. The van der Waals surface area contributed by atoms with Crippen molar-refractivity contribution in [3.8, 4) is 17.2 Å². The number of hydrogen-bond donors (Lipinski definition) is 0. The van der Waals surface area contributed by atoms with Gasteiger partial charge < -0.3 is 18.9 Å². The molecular weight excluding hydrogens is 398 g/mol. The van der Waals surface area contributed by atoms with E-state index in [9.17, 15) is 22.4 Å². The monoisotopic (exact) mass is 411 g/mol. The minimum Gasteiger partial charge on any atom is -0.493 e. The third-order valence-corrected chi connectivity index (χ3v) is 3.63. The predicted octanol–water partition coefficient (Wildman–Crippen LogP) is 4.24. The Labute approximate surface area is 162 Å². The van der Waals surface area contributed by atoms with E-state index < -0.39 is 19.2 Å². The van der Waals surface area contributed by atoms with Crippen LogP contribution in [0, 0.1) is 0 Å². The van der Waals surface area contributed by atoms with Gasteiger partial charge in [-0.1, -0.05) is 12.1 Å². The average Bonchev–Trinajstić information content (AvgIpc) is 3.02. The molecule has 2 aromatic rings. The zero-order valence-electron chi connectivity index (χ0n) is 14.8. The number of aliphatic imine (C=N–C) groups is 1. The maximum Gasteiger partial charge on any atom is 0.387 e. The van der Waals surface area contributed by atoms with Crippen LogP contribution in [0.25, 0.3) is 6.08 Å². The Bertz CT molecular complexity index is 975. The molecule has 0 N–H and O–H groups in total. The van der Waals surface area contributed by atoms with E-state index in [0.29, 0.717) is 5.56 Å². The van der Waals surface area contributed by atoms with Crippen molar-refractivity contribution < 1.29 is 41.3 Å². The minimum atomic E-state index is -3.06. The van der Waals surface area contributed by atoms with Gasteiger partial charge in [0.25, 0.3) is 0 Å². The van der Waals surface area contributed by atoms with Gasteiger partial charge in [0.05, 0.1) is 7.11 Å². The van der Waals surface area contributed by atoms with Crippen LogP contribution in [0.15, 0.2) is 53.2 Å². The molecule has 0 saturated heterocycles. The Hall–Kier alpha value is -3.56. The van der Waals surface area contributed by atoms with E-state index in [0.717, 1.165) is 0 Å². The molecule has 0 aliphatic carbocycles. The van der Waals surface area contributed by atoms with Crippen molar-refractivity contribution in [2.24, 2.45) is 4.99 Å². The van der Waals surface area contributed by atoms with Crippen molar-refractivity contribution in [3.05, 3.63) is 59.3 Å². The first-order valence-electron chi connectivity index (χ1n) is 8.06. The van der Waals surface area contributed by atoms with Gasteiger partial charge in [-0.05, 0) is 42.0 Å². The largest absolute Gasteiger partial charge is 0.493 e. The fourth-order valence-corrected chi connectivity index (χ4v) is 2.47. The zero-order chi connectivity index (χ0) is 21.0.